The summed E-state index contributed by atoms with van der Waals surface area (Å²) in [6, 6.07) is 6.85. The number of hydrogen-bond donors (Lipinski definition) is 1. The van der Waals surface area contributed by atoms with Crippen molar-refractivity contribution in [2.24, 2.45) is 17.6 Å². The highest BCUT2D eigenvalue weighted by molar-refractivity contribution is 5.89. The van der Waals surface area contributed by atoms with Crippen LogP contribution in [0, 0.1) is 17.7 Å². The Morgan fingerprint density at radius 2 is 2.09 bits per heavy atom. The summed E-state index contributed by atoms with van der Waals surface area (Å²) < 4.78 is 13.6. The van der Waals surface area contributed by atoms with E-state index in [-0.39, 0.29) is 17.8 Å². The third-order valence-electron chi connectivity index (χ3n) is 6.19. The highest BCUT2D eigenvalue weighted by atomic mass is 19.1. The standard InChI is InChI=1S/C18H23FN2O/c19-14-4-1-3-13(9-14)18(7-2-8-18)17(22)21-10-12-5-6-16(20)15(12)11-21/h1,3-4,9,12,15-16H,2,5-8,10-11,20H2. The van der Waals surface area contributed by atoms with E-state index in [2.05, 4.69) is 0 Å². The summed E-state index contributed by atoms with van der Waals surface area (Å²) in [5, 5.41) is 0. The lowest BCUT2D eigenvalue weighted by atomic mass is 9.63. The number of hydrogen-bond acceptors (Lipinski definition) is 2. The van der Waals surface area contributed by atoms with Gasteiger partial charge in [-0.25, -0.2) is 4.39 Å². The van der Waals surface area contributed by atoms with Crippen LogP contribution in [-0.2, 0) is 10.2 Å². The number of amides is 1. The summed E-state index contributed by atoms with van der Waals surface area (Å²) in [6.07, 6.45) is 4.96. The molecule has 3 atom stereocenters. The molecule has 0 aromatic heterocycles. The number of likely N-dealkylation sites (tertiary alicyclic amines) is 1. The molecule has 3 fully saturated rings. The van der Waals surface area contributed by atoms with Crippen LogP contribution < -0.4 is 5.73 Å². The summed E-state index contributed by atoms with van der Waals surface area (Å²) in [4.78, 5) is 15.2. The van der Waals surface area contributed by atoms with Crippen molar-refractivity contribution in [2.45, 2.75) is 43.6 Å². The fourth-order valence-electron chi connectivity index (χ4n) is 4.72. The number of halogens is 1. The van der Waals surface area contributed by atoms with Gasteiger partial charge in [-0.1, -0.05) is 18.6 Å². The molecular formula is C18H23FN2O. The Balaban J connectivity index is 1.59. The molecule has 2 N–H and O–H groups in total. The zero-order valence-electron chi connectivity index (χ0n) is 12.8. The van der Waals surface area contributed by atoms with Gasteiger partial charge < -0.3 is 10.6 Å². The Labute approximate surface area is 130 Å². The molecule has 1 saturated heterocycles. The second-order valence-corrected chi connectivity index (χ2v) is 7.32. The van der Waals surface area contributed by atoms with Gasteiger partial charge in [0.1, 0.15) is 5.82 Å². The van der Waals surface area contributed by atoms with Crippen molar-refractivity contribution >= 4 is 5.91 Å². The van der Waals surface area contributed by atoms with Gasteiger partial charge in [-0.05, 0) is 55.2 Å². The van der Waals surface area contributed by atoms with E-state index in [1.54, 1.807) is 12.1 Å². The third kappa shape index (κ3) is 2.00. The minimum atomic E-state index is -0.481. The SMILES string of the molecule is NC1CCC2CN(C(=O)C3(c4cccc(F)c4)CCC3)CC12. The van der Waals surface area contributed by atoms with Crippen LogP contribution in [0.4, 0.5) is 4.39 Å². The van der Waals surface area contributed by atoms with Gasteiger partial charge >= 0.3 is 0 Å². The van der Waals surface area contributed by atoms with Crippen LogP contribution >= 0.6 is 0 Å². The maximum absolute atomic E-state index is 13.6. The van der Waals surface area contributed by atoms with Crippen molar-refractivity contribution in [2.75, 3.05) is 13.1 Å². The molecule has 2 aliphatic carbocycles. The lowest BCUT2D eigenvalue weighted by Gasteiger charge is -2.43. The van der Waals surface area contributed by atoms with E-state index < -0.39 is 5.41 Å². The number of carbonyl (C=O) groups excluding carboxylic acids is 1. The monoisotopic (exact) mass is 302 g/mol. The van der Waals surface area contributed by atoms with Crippen LogP contribution in [0.15, 0.2) is 24.3 Å². The van der Waals surface area contributed by atoms with Crippen LogP contribution in [0.2, 0.25) is 0 Å². The molecule has 2 saturated carbocycles. The van der Waals surface area contributed by atoms with Crippen molar-refractivity contribution < 1.29 is 9.18 Å². The molecule has 3 nitrogen and oxygen atoms in total. The summed E-state index contributed by atoms with van der Waals surface area (Å²) >= 11 is 0. The van der Waals surface area contributed by atoms with Crippen LogP contribution in [0.3, 0.4) is 0 Å². The molecule has 1 aromatic carbocycles. The first kappa shape index (κ1) is 14.2. The van der Waals surface area contributed by atoms with E-state index in [4.69, 9.17) is 5.73 Å². The molecule has 118 valence electrons. The van der Waals surface area contributed by atoms with Crippen LogP contribution in [0.1, 0.15) is 37.7 Å². The van der Waals surface area contributed by atoms with Crippen LogP contribution in [0.25, 0.3) is 0 Å². The number of nitrogens with zero attached hydrogens (tertiary/aromatic N) is 1. The Kier molecular flexibility index (Phi) is 3.26. The van der Waals surface area contributed by atoms with Gasteiger partial charge in [-0.3, -0.25) is 4.79 Å². The molecule has 1 heterocycles. The Morgan fingerprint density at radius 1 is 1.27 bits per heavy atom. The molecule has 3 aliphatic rings. The van der Waals surface area contributed by atoms with Gasteiger partial charge in [0.05, 0.1) is 5.41 Å². The van der Waals surface area contributed by atoms with E-state index in [1.165, 1.54) is 6.07 Å². The minimum absolute atomic E-state index is 0.200. The van der Waals surface area contributed by atoms with Gasteiger partial charge in [0, 0.05) is 19.1 Å². The van der Waals surface area contributed by atoms with Gasteiger partial charge in [0.15, 0.2) is 0 Å². The Hall–Kier alpha value is -1.42. The van der Waals surface area contributed by atoms with Gasteiger partial charge in [-0.15, -0.1) is 0 Å². The summed E-state index contributed by atoms with van der Waals surface area (Å²) in [5.41, 5.74) is 6.55. The zero-order chi connectivity index (χ0) is 15.3. The molecule has 4 rings (SSSR count). The molecular weight excluding hydrogens is 279 g/mol. The summed E-state index contributed by atoms with van der Waals surface area (Å²) in [6.45, 7) is 1.63. The molecule has 1 aromatic rings. The van der Waals surface area contributed by atoms with Crippen molar-refractivity contribution in [1.29, 1.82) is 0 Å². The number of nitrogens with two attached hydrogens (primary N) is 1. The molecule has 3 unspecified atom stereocenters. The maximum atomic E-state index is 13.6. The van der Waals surface area contributed by atoms with E-state index in [9.17, 15) is 9.18 Å². The molecule has 0 bridgehead atoms. The first-order valence-electron chi connectivity index (χ1n) is 8.41. The van der Waals surface area contributed by atoms with E-state index in [1.807, 2.05) is 11.0 Å². The van der Waals surface area contributed by atoms with E-state index in [0.29, 0.717) is 11.8 Å². The summed E-state index contributed by atoms with van der Waals surface area (Å²) in [7, 11) is 0. The average Bonchev–Trinajstić information content (AvgIpc) is 3.00. The fourth-order valence-corrected chi connectivity index (χ4v) is 4.72. The van der Waals surface area contributed by atoms with Crippen molar-refractivity contribution in [1.82, 2.24) is 4.90 Å². The topological polar surface area (TPSA) is 46.3 Å². The quantitative estimate of drug-likeness (QED) is 0.912. The van der Waals surface area contributed by atoms with Crippen LogP contribution in [0.5, 0.6) is 0 Å². The fraction of sp³-hybridized carbons (Fsp3) is 0.611. The largest absolute Gasteiger partial charge is 0.341 e. The third-order valence-corrected chi connectivity index (χ3v) is 6.19. The van der Waals surface area contributed by atoms with E-state index >= 15 is 0 Å². The number of fused-ring (bicyclic) bond motifs is 1. The summed E-state index contributed by atoms with van der Waals surface area (Å²) in [5.74, 6) is 0.986. The van der Waals surface area contributed by atoms with E-state index in [0.717, 1.165) is 50.8 Å². The maximum Gasteiger partial charge on any atom is 0.233 e. The highest BCUT2D eigenvalue weighted by Gasteiger charge is 2.51. The normalized spacial score (nSPS) is 32.6. The smallest absolute Gasteiger partial charge is 0.233 e. The van der Waals surface area contributed by atoms with Crippen LogP contribution in [-0.4, -0.2) is 29.9 Å². The van der Waals surface area contributed by atoms with Crippen molar-refractivity contribution in [3.05, 3.63) is 35.6 Å². The molecule has 1 aliphatic heterocycles. The van der Waals surface area contributed by atoms with Gasteiger partial charge in [-0.2, -0.15) is 0 Å². The lowest BCUT2D eigenvalue weighted by Crippen LogP contribution is -2.51. The number of benzene rings is 1. The molecule has 22 heavy (non-hydrogen) atoms. The predicted octanol–water partition coefficient (Wildman–Crippen LogP) is 2.44. The zero-order valence-corrected chi connectivity index (χ0v) is 12.8. The average molecular weight is 302 g/mol. The number of carbonyl (C=O) groups is 1. The molecule has 0 radical (unpaired) electrons. The first-order valence-corrected chi connectivity index (χ1v) is 8.41. The second kappa shape index (κ2) is 5.05. The number of rotatable bonds is 2. The van der Waals surface area contributed by atoms with Gasteiger partial charge in [0.2, 0.25) is 5.91 Å². The second-order valence-electron chi connectivity index (χ2n) is 7.32. The van der Waals surface area contributed by atoms with Gasteiger partial charge in [0.25, 0.3) is 0 Å². The molecule has 1 amide bonds. The van der Waals surface area contributed by atoms with Crippen molar-refractivity contribution in [3.63, 3.8) is 0 Å². The first-order chi connectivity index (χ1) is 10.6. The highest BCUT2D eigenvalue weighted by Crippen LogP contribution is 2.47. The Morgan fingerprint density at radius 3 is 2.73 bits per heavy atom. The predicted molar refractivity (Wildman–Crippen MR) is 82.7 cm³/mol. The molecule has 0 spiro atoms. The van der Waals surface area contributed by atoms with Crippen molar-refractivity contribution in [3.8, 4) is 0 Å². The Bertz CT molecular complexity index is 599. The minimum Gasteiger partial charge on any atom is -0.341 e. The molecule has 4 heteroatoms. The lowest BCUT2D eigenvalue weighted by molar-refractivity contribution is -0.140.